The molecule has 0 aliphatic rings. The van der Waals surface area contributed by atoms with E-state index in [4.69, 9.17) is 0 Å². The van der Waals surface area contributed by atoms with Gasteiger partial charge < -0.3 is 5.32 Å². The first-order valence-corrected chi connectivity index (χ1v) is 8.85. The Morgan fingerprint density at radius 2 is 1.33 bits per heavy atom. The molecule has 2 unspecified atom stereocenters. The van der Waals surface area contributed by atoms with Gasteiger partial charge in [0, 0.05) is 17.0 Å². The van der Waals surface area contributed by atoms with Crippen LogP contribution < -0.4 is 5.32 Å². The molecule has 21 heavy (non-hydrogen) atoms. The van der Waals surface area contributed by atoms with Crippen LogP contribution in [0.5, 0.6) is 0 Å². The second-order valence-electron chi connectivity index (χ2n) is 5.48. The zero-order chi connectivity index (χ0) is 15.2. The van der Waals surface area contributed by atoms with Crippen molar-refractivity contribution in [3.63, 3.8) is 0 Å². The van der Waals surface area contributed by atoms with Gasteiger partial charge in [-0.1, -0.05) is 43.3 Å². The van der Waals surface area contributed by atoms with Gasteiger partial charge in [-0.25, -0.2) is 0 Å². The first kappa shape index (κ1) is 16.1. The third kappa shape index (κ3) is 4.36. The quantitative estimate of drug-likeness (QED) is 0.718. The molecule has 2 aromatic rings. The molecule has 0 heterocycles. The summed E-state index contributed by atoms with van der Waals surface area (Å²) in [6.07, 6.45) is 3.21. The molecule has 0 amide bonds. The summed E-state index contributed by atoms with van der Waals surface area (Å²) in [5, 5.41) is 3.68. The number of nitrogens with one attached hydrogen (secondary N) is 1. The summed E-state index contributed by atoms with van der Waals surface area (Å²) in [6.45, 7) is 6.65. The van der Waals surface area contributed by atoms with Gasteiger partial charge in [-0.05, 0) is 55.3 Å². The summed E-state index contributed by atoms with van der Waals surface area (Å²) in [7, 11) is 0. The van der Waals surface area contributed by atoms with Crippen molar-refractivity contribution in [2.75, 3.05) is 6.26 Å². The van der Waals surface area contributed by atoms with E-state index in [9.17, 15) is 0 Å². The van der Waals surface area contributed by atoms with Crippen molar-refractivity contribution in [3.05, 3.63) is 65.2 Å². The molecule has 0 aliphatic carbocycles. The van der Waals surface area contributed by atoms with E-state index in [-0.39, 0.29) is 0 Å². The fraction of sp³-hybridized carbons (Fsp3) is 0.368. The molecule has 2 rings (SSSR count). The average molecular weight is 299 g/mol. The lowest BCUT2D eigenvalue weighted by atomic mass is 10.0. The summed E-state index contributed by atoms with van der Waals surface area (Å²) in [4.78, 5) is 1.31. The van der Waals surface area contributed by atoms with Gasteiger partial charge in [-0.2, -0.15) is 0 Å². The molecular formula is C19H25NS. The Morgan fingerprint density at radius 3 is 1.76 bits per heavy atom. The third-order valence-corrected chi connectivity index (χ3v) is 4.75. The van der Waals surface area contributed by atoms with Crippen molar-refractivity contribution in [2.24, 2.45) is 0 Å². The minimum Gasteiger partial charge on any atom is -0.304 e. The number of benzene rings is 2. The highest BCUT2D eigenvalue weighted by Crippen LogP contribution is 2.22. The van der Waals surface area contributed by atoms with Crippen LogP contribution in [-0.2, 0) is 6.42 Å². The van der Waals surface area contributed by atoms with Crippen LogP contribution in [0, 0.1) is 0 Å². The summed E-state index contributed by atoms with van der Waals surface area (Å²) >= 11 is 1.78. The topological polar surface area (TPSA) is 12.0 Å². The van der Waals surface area contributed by atoms with Crippen LogP contribution in [0.2, 0.25) is 0 Å². The van der Waals surface area contributed by atoms with E-state index in [1.54, 1.807) is 11.8 Å². The first-order chi connectivity index (χ1) is 10.1. The monoisotopic (exact) mass is 299 g/mol. The van der Waals surface area contributed by atoms with Crippen molar-refractivity contribution >= 4 is 11.8 Å². The maximum atomic E-state index is 3.68. The van der Waals surface area contributed by atoms with Gasteiger partial charge in [-0.3, -0.25) is 0 Å². The molecule has 2 aromatic carbocycles. The molecule has 2 atom stereocenters. The minimum atomic E-state index is 0.349. The SMILES string of the molecule is CCc1ccc(C(C)NC(C)c2ccc(SC)cc2)cc1. The second-order valence-corrected chi connectivity index (χ2v) is 6.36. The second kappa shape index (κ2) is 7.67. The molecule has 0 spiro atoms. The van der Waals surface area contributed by atoms with Gasteiger partial charge in [0.25, 0.3) is 0 Å². The number of thioether (sulfide) groups is 1. The molecule has 0 saturated carbocycles. The fourth-order valence-electron chi connectivity index (χ4n) is 2.50. The maximum Gasteiger partial charge on any atom is 0.0297 e. The molecule has 1 N–H and O–H groups in total. The fourth-order valence-corrected chi connectivity index (χ4v) is 2.91. The van der Waals surface area contributed by atoms with Crippen LogP contribution in [-0.4, -0.2) is 6.26 Å². The Bertz CT molecular complexity index is 493. The van der Waals surface area contributed by atoms with Crippen molar-refractivity contribution in [1.29, 1.82) is 0 Å². The molecule has 2 heteroatoms. The molecule has 0 aliphatic heterocycles. The third-order valence-electron chi connectivity index (χ3n) is 4.00. The van der Waals surface area contributed by atoms with Crippen LogP contribution in [0.15, 0.2) is 53.4 Å². The number of hydrogen-bond donors (Lipinski definition) is 1. The summed E-state index contributed by atoms with van der Waals surface area (Å²) in [6, 6.07) is 18.5. The number of rotatable bonds is 6. The van der Waals surface area contributed by atoms with E-state index < -0.39 is 0 Å². The zero-order valence-corrected chi connectivity index (χ0v) is 14.2. The van der Waals surface area contributed by atoms with Crippen LogP contribution in [0.25, 0.3) is 0 Å². The predicted molar refractivity (Wildman–Crippen MR) is 94.0 cm³/mol. The molecule has 112 valence electrons. The van der Waals surface area contributed by atoms with E-state index >= 15 is 0 Å². The highest BCUT2D eigenvalue weighted by Gasteiger charge is 2.11. The summed E-state index contributed by atoms with van der Waals surface area (Å²) < 4.78 is 0. The van der Waals surface area contributed by atoms with Crippen LogP contribution >= 0.6 is 11.8 Å². The van der Waals surface area contributed by atoms with Crippen molar-refractivity contribution in [3.8, 4) is 0 Å². The van der Waals surface area contributed by atoms with Crippen LogP contribution in [0.3, 0.4) is 0 Å². The van der Waals surface area contributed by atoms with Gasteiger partial charge in [0.2, 0.25) is 0 Å². The lowest BCUT2D eigenvalue weighted by Crippen LogP contribution is -2.22. The Kier molecular flexibility index (Phi) is 5.89. The van der Waals surface area contributed by atoms with Crippen LogP contribution in [0.4, 0.5) is 0 Å². The molecule has 1 nitrogen and oxygen atoms in total. The van der Waals surface area contributed by atoms with Gasteiger partial charge in [0.15, 0.2) is 0 Å². The highest BCUT2D eigenvalue weighted by molar-refractivity contribution is 7.98. The number of aryl methyl sites for hydroxylation is 1. The van der Waals surface area contributed by atoms with Crippen LogP contribution in [0.1, 0.15) is 49.5 Å². The van der Waals surface area contributed by atoms with Gasteiger partial charge in [0.05, 0.1) is 0 Å². The summed E-state index contributed by atoms with van der Waals surface area (Å²) in [5.41, 5.74) is 4.08. The Balaban J connectivity index is 2.01. The Morgan fingerprint density at radius 1 is 0.857 bits per heavy atom. The molecule has 0 bridgehead atoms. The van der Waals surface area contributed by atoms with E-state index in [1.807, 2.05) is 0 Å². The summed E-state index contributed by atoms with van der Waals surface area (Å²) in [5.74, 6) is 0. The molecule has 0 aromatic heterocycles. The largest absolute Gasteiger partial charge is 0.304 e. The van der Waals surface area contributed by atoms with Gasteiger partial charge in [-0.15, -0.1) is 11.8 Å². The molecule has 0 radical (unpaired) electrons. The Labute approximate surface area is 133 Å². The van der Waals surface area contributed by atoms with E-state index in [0.717, 1.165) is 6.42 Å². The van der Waals surface area contributed by atoms with Crippen molar-refractivity contribution < 1.29 is 0 Å². The molecule has 0 fully saturated rings. The van der Waals surface area contributed by atoms with E-state index in [1.165, 1.54) is 21.6 Å². The standard InChI is InChI=1S/C19H25NS/c1-5-16-6-8-17(9-7-16)14(2)20-15(3)18-10-12-19(21-4)13-11-18/h6-15,20H,5H2,1-4H3. The van der Waals surface area contributed by atoms with Crippen molar-refractivity contribution in [1.82, 2.24) is 5.32 Å². The van der Waals surface area contributed by atoms with E-state index in [0.29, 0.717) is 12.1 Å². The van der Waals surface area contributed by atoms with E-state index in [2.05, 4.69) is 80.9 Å². The maximum absolute atomic E-state index is 3.68. The van der Waals surface area contributed by atoms with Gasteiger partial charge in [0.1, 0.15) is 0 Å². The van der Waals surface area contributed by atoms with Gasteiger partial charge >= 0.3 is 0 Å². The average Bonchev–Trinajstić information content (AvgIpc) is 2.55. The molecular weight excluding hydrogens is 274 g/mol. The lowest BCUT2D eigenvalue weighted by Gasteiger charge is -2.21. The number of hydrogen-bond acceptors (Lipinski definition) is 2. The van der Waals surface area contributed by atoms with Crippen molar-refractivity contribution in [2.45, 2.75) is 44.2 Å². The molecule has 0 saturated heterocycles. The first-order valence-electron chi connectivity index (χ1n) is 7.63. The zero-order valence-electron chi connectivity index (χ0n) is 13.4. The lowest BCUT2D eigenvalue weighted by molar-refractivity contribution is 0.494. The smallest absolute Gasteiger partial charge is 0.0297 e. The Hall–Kier alpha value is -1.25. The normalized spacial score (nSPS) is 13.9. The predicted octanol–water partition coefficient (Wildman–Crippen LogP) is 5.38. The highest BCUT2D eigenvalue weighted by atomic mass is 32.2. The minimum absolute atomic E-state index is 0.349.